The van der Waals surface area contributed by atoms with E-state index in [4.69, 9.17) is 16.9 Å². The first-order chi connectivity index (χ1) is 13.9. The summed E-state index contributed by atoms with van der Waals surface area (Å²) in [6, 6.07) is 8.65. The molecule has 0 saturated carbocycles. The number of imide groups is 1. The minimum absolute atomic E-state index is 0.0366. The number of halogens is 5. The summed E-state index contributed by atoms with van der Waals surface area (Å²) in [5.74, 6) is -0.821. The lowest BCUT2D eigenvalue weighted by Gasteiger charge is -2.28. The molecule has 1 fully saturated rings. The zero-order chi connectivity index (χ0) is 22.4. The van der Waals surface area contributed by atoms with Gasteiger partial charge in [0.2, 0.25) is 0 Å². The van der Waals surface area contributed by atoms with Gasteiger partial charge < -0.3 is 4.90 Å². The van der Waals surface area contributed by atoms with E-state index in [0.717, 1.165) is 12.1 Å². The summed E-state index contributed by atoms with van der Waals surface area (Å²) in [6.45, 7) is 2.88. The molecule has 1 saturated heterocycles. The lowest BCUT2D eigenvalue weighted by Crippen LogP contribution is -2.43. The van der Waals surface area contributed by atoms with Crippen LogP contribution in [0, 0.1) is 11.3 Å². The predicted molar refractivity (Wildman–Crippen MR) is 108 cm³/mol. The summed E-state index contributed by atoms with van der Waals surface area (Å²) < 4.78 is 41.7. The Morgan fingerprint density at radius 2 is 1.87 bits per heavy atom. The topological polar surface area (TPSA) is 64.4 Å². The molecule has 5 nitrogen and oxygen atoms in total. The van der Waals surface area contributed by atoms with E-state index in [9.17, 15) is 22.8 Å². The quantitative estimate of drug-likeness (QED) is 0.505. The van der Waals surface area contributed by atoms with E-state index in [0.29, 0.717) is 20.0 Å². The van der Waals surface area contributed by atoms with Crippen molar-refractivity contribution in [1.29, 1.82) is 5.26 Å². The van der Waals surface area contributed by atoms with E-state index in [1.807, 2.05) is 0 Å². The Balaban J connectivity index is 2.11. The van der Waals surface area contributed by atoms with E-state index in [1.165, 1.54) is 30.9 Å². The highest BCUT2D eigenvalue weighted by molar-refractivity contribution is 9.10. The first kappa shape index (κ1) is 22.1. The predicted octanol–water partition coefficient (Wildman–Crippen LogP) is 5.74. The van der Waals surface area contributed by atoms with Gasteiger partial charge in [0.05, 0.1) is 22.9 Å². The molecular weight excluding hydrogens is 487 g/mol. The Kier molecular flexibility index (Phi) is 5.60. The van der Waals surface area contributed by atoms with Gasteiger partial charge in [-0.05, 0) is 43.7 Å². The maximum absolute atomic E-state index is 13.7. The molecule has 0 unspecified atom stereocenters. The molecule has 0 aliphatic carbocycles. The van der Waals surface area contributed by atoms with Crippen LogP contribution in [0.1, 0.15) is 30.5 Å². The lowest BCUT2D eigenvalue weighted by atomic mass is 10.0. The van der Waals surface area contributed by atoms with Gasteiger partial charge in [-0.3, -0.25) is 4.79 Å². The van der Waals surface area contributed by atoms with Gasteiger partial charge in [-0.1, -0.05) is 39.7 Å². The van der Waals surface area contributed by atoms with Gasteiger partial charge in [0.15, 0.2) is 0 Å². The average Bonchev–Trinajstić information content (AvgIpc) is 2.81. The second-order valence-corrected chi connectivity index (χ2v) is 8.40. The monoisotopic (exact) mass is 499 g/mol. The van der Waals surface area contributed by atoms with Gasteiger partial charge in [-0.15, -0.1) is 0 Å². The van der Waals surface area contributed by atoms with Gasteiger partial charge in [0.25, 0.3) is 5.91 Å². The molecule has 1 aliphatic heterocycles. The third-order valence-corrected chi connectivity index (χ3v) is 5.83. The van der Waals surface area contributed by atoms with Crippen LogP contribution in [0.15, 0.2) is 40.9 Å². The smallest absolute Gasteiger partial charge is 0.305 e. The summed E-state index contributed by atoms with van der Waals surface area (Å²) in [6.07, 6.45) is -4.93. The van der Waals surface area contributed by atoms with Gasteiger partial charge in [-0.25, -0.2) is 9.69 Å². The molecule has 3 rings (SSSR count). The normalized spacial score (nSPS) is 16.2. The summed E-state index contributed by atoms with van der Waals surface area (Å²) in [5.41, 5.74) is -3.45. The molecule has 1 aliphatic rings. The average molecular weight is 501 g/mol. The molecule has 10 heteroatoms. The van der Waals surface area contributed by atoms with Crippen LogP contribution in [-0.2, 0) is 17.5 Å². The number of carbonyl (C=O) groups is 2. The van der Waals surface area contributed by atoms with Crippen LogP contribution in [0.5, 0.6) is 0 Å². The molecule has 0 bridgehead atoms. The third kappa shape index (κ3) is 3.66. The Labute approximate surface area is 183 Å². The molecule has 0 aromatic heterocycles. The van der Waals surface area contributed by atoms with E-state index in [-0.39, 0.29) is 6.54 Å². The fourth-order valence-corrected chi connectivity index (χ4v) is 4.06. The molecule has 156 valence electrons. The number of nitrogens with zero attached hydrogens (tertiary/aromatic N) is 3. The molecule has 30 heavy (non-hydrogen) atoms. The van der Waals surface area contributed by atoms with E-state index >= 15 is 0 Å². The fraction of sp³-hybridized carbons (Fsp3) is 0.250. The van der Waals surface area contributed by atoms with Crippen LogP contribution >= 0.6 is 27.5 Å². The number of carbonyl (C=O) groups excluding carboxylic acids is 2. The number of anilines is 1. The Morgan fingerprint density at radius 1 is 1.20 bits per heavy atom. The van der Waals surface area contributed by atoms with Crippen molar-refractivity contribution in [3.63, 3.8) is 0 Å². The molecule has 0 atom stereocenters. The zero-order valence-corrected chi connectivity index (χ0v) is 18.1. The summed E-state index contributed by atoms with van der Waals surface area (Å²) >= 11 is 9.27. The first-order valence-electron chi connectivity index (χ1n) is 8.60. The largest absolute Gasteiger partial charge is 0.419 e. The Bertz CT molecular complexity index is 1100. The maximum atomic E-state index is 13.7. The molecular formula is C20H14BrClF3N3O2. The van der Waals surface area contributed by atoms with Crippen molar-refractivity contribution in [1.82, 2.24) is 4.90 Å². The number of urea groups is 1. The number of hydrogen-bond donors (Lipinski definition) is 0. The highest BCUT2D eigenvalue weighted by Gasteiger charge is 2.54. The van der Waals surface area contributed by atoms with E-state index < -0.39 is 40.5 Å². The second kappa shape index (κ2) is 7.60. The molecule has 2 aromatic rings. The second-order valence-electron chi connectivity index (χ2n) is 7.11. The van der Waals surface area contributed by atoms with Crippen molar-refractivity contribution in [2.24, 2.45) is 0 Å². The van der Waals surface area contributed by atoms with Gasteiger partial charge in [0.1, 0.15) is 5.54 Å². The molecule has 1 heterocycles. The molecule has 0 N–H and O–H groups in total. The first-order valence-corrected chi connectivity index (χ1v) is 9.77. The number of alkyl halides is 3. The third-order valence-electron chi connectivity index (χ3n) is 4.85. The lowest BCUT2D eigenvalue weighted by molar-refractivity contribution is -0.137. The standard InChI is InChI=1S/C20H14BrClF3N3O2/c1-19(2)17(29)28(15-5-3-4-11(9-26)16(15)20(23,24)25)18(30)27(19)10-12-6-7-13(22)8-14(12)21/h3-8H,10H2,1-2H3. The van der Waals surface area contributed by atoms with Crippen molar-refractivity contribution in [3.05, 3.63) is 62.6 Å². The molecule has 0 spiro atoms. The van der Waals surface area contributed by atoms with Crippen LogP contribution in [0.3, 0.4) is 0 Å². The van der Waals surface area contributed by atoms with Crippen molar-refractivity contribution in [3.8, 4) is 6.07 Å². The fourth-order valence-electron chi connectivity index (χ4n) is 3.25. The zero-order valence-electron chi connectivity index (χ0n) is 15.7. The van der Waals surface area contributed by atoms with Crippen molar-refractivity contribution in [2.45, 2.75) is 32.1 Å². The van der Waals surface area contributed by atoms with Gasteiger partial charge >= 0.3 is 12.2 Å². The highest BCUT2D eigenvalue weighted by Crippen LogP contribution is 2.42. The highest BCUT2D eigenvalue weighted by atomic mass is 79.9. The Morgan fingerprint density at radius 3 is 2.43 bits per heavy atom. The molecule has 3 amide bonds. The maximum Gasteiger partial charge on any atom is 0.419 e. The van der Waals surface area contributed by atoms with Crippen LogP contribution in [0.2, 0.25) is 5.02 Å². The molecule has 0 radical (unpaired) electrons. The van der Waals surface area contributed by atoms with Crippen molar-refractivity contribution < 1.29 is 22.8 Å². The van der Waals surface area contributed by atoms with E-state index in [2.05, 4.69) is 15.9 Å². The molecule has 2 aromatic carbocycles. The van der Waals surface area contributed by atoms with Crippen LogP contribution in [0.25, 0.3) is 0 Å². The number of benzene rings is 2. The van der Waals surface area contributed by atoms with Crippen LogP contribution in [0.4, 0.5) is 23.7 Å². The Hall–Kier alpha value is -2.57. The number of rotatable bonds is 3. The minimum atomic E-state index is -4.93. The van der Waals surface area contributed by atoms with Crippen LogP contribution < -0.4 is 4.90 Å². The minimum Gasteiger partial charge on any atom is -0.305 e. The van der Waals surface area contributed by atoms with Crippen LogP contribution in [-0.4, -0.2) is 22.4 Å². The summed E-state index contributed by atoms with van der Waals surface area (Å²) in [7, 11) is 0. The SMILES string of the molecule is CC1(C)C(=O)N(c2cccc(C#N)c2C(F)(F)F)C(=O)N1Cc1ccc(Cl)cc1Br. The number of nitriles is 1. The summed E-state index contributed by atoms with van der Waals surface area (Å²) in [4.78, 5) is 27.8. The van der Waals surface area contributed by atoms with Gasteiger partial charge in [0, 0.05) is 16.0 Å². The number of amides is 3. The summed E-state index contributed by atoms with van der Waals surface area (Å²) in [5, 5.41) is 9.58. The van der Waals surface area contributed by atoms with Crippen molar-refractivity contribution in [2.75, 3.05) is 4.90 Å². The van der Waals surface area contributed by atoms with E-state index in [1.54, 1.807) is 18.2 Å². The van der Waals surface area contributed by atoms with Gasteiger partial charge in [-0.2, -0.15) is 18.4 Å². The van der Waals surface area contributed by atoms with Crippen molar-refractivity contribution >= 4 is 45.2 Å². The number of hydrogen-bond acceptors (Lipinski definition) is 3.